The molecule has 0 fully saturated rings. The average molecular weight is 516 g/mol. The number of hydrogen-bond acceptors (Lipinski definition) is 5. The average Bonchev–Trinajstić information content (AvgIpc) is 3.26. The highest BCUT2D eigenvalue weighted by molar-refractivity contribution is 6.06. The van der Waals surface area contributed by atoms with Crippen molar-refractivity contribution in [3.8, 4) is 11.6 Å². The molecule has 1 aliphatic rings. The van der Waals surface area contributed by atoms with Crippen molar-refractivity contribution in [1.82, 2.24) is 19.7 Å². The Morgan fingerprint density at radius 1 is 1.11 bits per heavy atom. The predicted molar refractivity (Wildman–Crippen MR) is 131 cm³/mol. The van der Waals surface area contributed by atoms with Gasteiger partial charge in [-0.15, -0.1) is 0 Å². The Bertz CT molecular complexity index is 1340. The molecular formula is C26H28F3N5O3. The van der Waals surface area contributed by atoms with Crippen molar-refractivity contribution in [2.24, 2.45) is 5.41 Å². The molecule has 3 heterocycles. The second-order valence-electron chi connectivity index (χ2n) is 9.88. The smallest absolute Gasteiger partial charge is 0.435 e. The van der Waals surface area contributed by atoms with E-state index in [0.717, 1.165) is 0 Å². The molecule has 2 amide bonds. The molecule has 0 bridgehead atoms. The number of fused-ring (bicyclic) bond motifs is 1. The molecule has 3 aromatic rings. The van der Waals surface area contributed by atoms with Crippen LogP contribution in [0.25, 0.3) is 5.69 Å². The molecule has 2 aromatic heterocycles. The third-order valence-electron chi connectivity index (χ3n) is 6.21. The van der Waals surface area contributed by atoms with E-state index in [4.69, 9.17) is 4.74 Å². The fourth-order valence-electron chi connectivity index (χ4n) is 4.31. The Labute approximate surface area is 212 Å². The number of halogens is 3. The van der Waals surface area contributed by atoms with Crippen molar-refractivity contribution >= 4 is 17.5 Å². The number of aromatic nitrogens is 3. The van der Waals surface area contributed by atoms with Crippen LogP contribution in [0, 0.1) is 5.41 Å². The lowest BCUT2D eigenvalue weighted by atomic mass is 9.93. The molecule has 0 saturated carbocycles. The summed E-state index contributed by atoms with van der Waals surface area (Å²) in [5.41, 5.74) is -0.238. The van der Waals surface area contributed by atoms with E-state index >= 15 is 0 Å². The lowest BCUT2D eigenvalue weighted by molar-refractivity contribution is -0.145. The number of carbonyl (C=O) groups is 2. The molecule has 1 aromatic carbocycles. The van der Waals surface area contributed by atoms with Crippen LogP contribution in [0.2, 0.25) is 0 Å². The van der Waals surface area contributed by atoms with Crippen LogP contribution in [0.3, 0.4) is 0 Å². The van der Waals surface area contributed by atoms with E-state index in [1.807, 2.05) is 0 Å². The van der Waals surface area contributed by atoms with Crippen LogP contribution in [0.15, 0.2) is 42.6 Å². The summed E-state index contributed by atoms with van der Waals surface area (Å²) in [4.78, 5) is 32.9. The van der Waals surface area contributed by atoms with Gasteiger partial charge in [-0.2, -0.15) is 18.3 Å². The molecule has 0 aliphatic carbocycles. The number of anilines is 1. The van der Waals surface area contributed by atoms with E-state index < -0.39 is 17.3 Å². The van der Waals surface area contributed by atoms with Crippen LogP contribution in [0.5, 0.6) is 5.88 Å². The predicted octanol–water partition coefficient (Wildman–Crippen LogP) is 4.50. The first-order valence-corrected chi connectivity index (χ1v) is 11.7. The minimum atomic E-state index is -4.70. The number of ether oxygens (including phenoxy) is 1. The number of carbonyl (C=O) groups excluding carboxylic acids is 2. The van der Waals surface area contributed by atoms with Crippen molar-refractivity contribution in [2.75, 3.05) is 25.6 Å². The third kappa shape index (κ3) is 5.16. The number of nitrogens with zero attached hydrogens (tertiary/aromatic N) is 5. The number of alkyl halides is 3. The van der Waals surface area contributed by atoms with Gasteiger partial charge in [0.05, 0.1) is 24.2 Å². The molecule has 0 saturated heterocycles. The number of methoxy groups -OCH3 is 1. The second kappa shape index (κ2) is 9.53. The Kier molecular flexibility index (Phi) is 6.74. The molecule has 0 radical (unpaired) electrons. The van der Waals surface area contributed by atoms with E-state index in [1.165, 1.54) is 33.9 Å². The summed E-state index contributed by atoms with van der Waals surface area (Å²) < 4.78 is 48.3. The van der Waals surface area contributed by atoms with Crippen LogP contribution in [-0.4, -0.2) is 52.2 Å². The highest BCUT2D eigenvalue weighted by atomic mass is 19.4. The van der Waals surface area contributed by atoms with E-state index in [-0.39, 0.29) is 42.5 Å². The van der Waals surface area contributed by atoms with E-state index in [0.29, 0.717) is 22.9 Å². The number of benzene rings is 1. The van der Waals surface area contributed by atoms with Gasteiger partial charge in [0, 0.05) is 55.4 Å². The molecule has 196 valence electrons. The summed E-state index contributed by atoms with van der Waals surface area (Å²) in [7, 11) is 3.05. The SMILES string of the molecule is COc1cc(N(C)C(=O)c2cccc(-n3nc(C(F)(F)F)c4c3CCN(C(=O)C(C)(C)C)C4)c2)ccn1. The molecule has 0 spiro atoms. The summed E-state index contributed by atoms with van der Waals surface area (Å²) in [6.45, 7) is 5.31. The fourth-order valence-corrected chi connectivity index (χ4v) is 4.31. The maximum Gasteiger partial charge on any atom is 0.435 e. The topological polar surface area (TPSA) is 80.6 Å². The van der Waals surface area contributed by atoms with Gasteiger partial charge in [-0.25, -0.2) is 9.67 Å². The molecule has 0 atom stereocenters. The monoisotopic (exact) mass is 515 g/mol. The summed E-state index contributed by atoms with van der Waals surface area (Å²) in [6.07, 6.45) is -2.98. The number of pyridine rings is 1. The van der Waals surface area contributed by atoms with Gasteiger partial charge in [-0.05, 0) is 24.3 Å². The molecular weight excluding hydrogens is 487 g/mol. The molecule has 37 heavy (non-hydrogen) atoms. The van der Waals surface area contributed by atoms with Gasteiger partial charge in [-0.1, -0.05) is 26.8 Å². The fraction of sp³-hybridized carbons (Fsp3) is 0.385. The molecule has 0 N–H and O–H groups in total. The highest BCUT2D eigenvalue weighted by Crippen LogP contribution is 2.37. The largest absolute Gasteiger partial charge is 0.481 e. The zero-order valence-electron chi connectivity index (χ0n) is 21.3. The van der Waals surface area contributed by atoms with E-state index in [2.05, 4.69) is 10.1 Å². The lowest BCUT2D eigenvalue weighted by Gasteiger charge is -2.33. The van der Waals surface area contributed by atoms with Gasteiger partial charge in [-0.3, -0.25) is 9.59 Å². The Hall–Kier alpha value is -3.89. The Balaban J connectivity index is 1.71. The Morgan fingerprint density at radius 3 is 2.49 bits per heavy atom. The van der Waals surface area contributed by atoms with Crippen molar-refractivity contribution in [2.45, 2.75) is 39.9 Å². The summed E-state index contributed by atoms with van der Waals surface area (Å²) >= 11 is 0. The van der Waals surface area contributed by atoms with Crippen LogP contribution in [0.1, 0.15) is 48.1 Å². The number of rotatable bonds is 4. The normalized spacial score (nSPS) is 13.8. The zero-order chi connectivity index (χ0) is 27.1. The van der Waals surface area contributed by atoms with Crippen molar-refractivity contribution < 1.29 is 27.5 Å². The minimum absolute atomic E-state index is 0.0194. The second-order valence-corrected chi connectivity index (χ2v) is 9.88. The number of hydrogen-bond donors (Lipinski definition) is 0. The first-order valence-electron chi connectivity index (χ1n) is 11.7. The van der Waals surface area contributed by atoms with Crippen LogP contribution in [-0.2, 0) is 23.9 Å². The minimum Gasteiger partial charge on any atom is -0.481 e. The molecule has 8 nitrogen and oxygen atoms in total. The molecule has 4 rings (SSSR count). The Morgan fingerprint density at radius 2 is 1.84 bits per heavy atom. The van der Waals surface area contributed by atoms with E-state index in [9.17, 15) is 22.8 Å². The maximum atomic E-state index is 14.0. The first-order chi connectivity index (χ1) is 17.3. The number of amides is 2. The lowest BCUT2D eigenvalue weighted by Crippen LogP contribution is -2.42. The summed E-state index contributed by atoms with van der Waals surface area (Å²) in [6, 6.07) is 9.55. The van der Waals surface area contributed by atoms with Crippen molar-refractivity contribution in [1.29, 1.82) is 0 Å². The maximum absolute atomic E-state index is 14.0. The van der Waals surface area contributed by atoms with Gasteiger partial charge < -0.3 is 14.5 Å². The standard InChI is InChI=1S/C26H28F3N5O3/c1-25(2,3)24(36)33-12-10-20-19(15-33)22(26(27,28)29)31-34(20)18-8-6-7-16(13-18)23(35)32(4)17-9-11-30-21(14-17)37-5/h6-9,11,13-14H,10,12,15H2,1-5H3. The molecule has 1 aliphatic heterocycles. The van der Waals surface area contributed by atoms with Gasteiger partial charge in [0.25, 0.3) is 5.91 Å². The summed E-state index contributed by atoms with van der Waals surface area (Å²) in [5.74, 6) is -0.246. The van der Waals surface area contributed by atoms with Crippen LogP contribution in [0.4, 0.5) is 18.9 Å². The van der Waals surface area contributed by atoms with Gasteiger partial charge in [0.1, 0.15) is 0 Å². The summed E-state index contributed by atoms with van der Waals surface area (Å²) in [5, 5.41) is 3.92. The zero-order valence-corrected chi connectivity index (χ0v) is 21.3. The first kappa shape index (κ1) is 26.2. The molecule has 0 unspecified atom stereocenters. The van der Waals surface area contributed by atoms with Gasteiger partial charge in [0.15, 0.2) is 5.69 Å². The molecule has 11 heteroatoms. The van der Waals surface area contributed by atoms with Gasteiger partial charge >= 0.3 is 6.18 Å². The van der Waals surface area contributed by atoms with Crippen molar-refractivity contribution in [3.63, 3.8) is 0 Å². The van der Waals surface area contributed by atoms with Crippen LogP contribution < -0.4 is 9.64 Å². The van der Waals surface area contributed by atoms with Gasteiger partial charge in [0.2, 0.25) is 11.8 Å². The van der Waals surface area contributed by atoms with Crippen molar-refractivity contribution in [3.05, 3.63) is 65.1 Å². The van der Waals surface area contributed by atoms with E-state index in [1.54, 1.807) is 58.2 Å². The highest BCUT2D eigenvalue weighted by Gasteiger charge is 2.42. The third-order valence-corrected chi connectivity index (χ3v) is 6.21. The quantitative estimate of drug-likeness (QED) is 0.511. The van der Waals surface area contributed by atoms with Crippen LogP contribution >= 0.6 is 0 Å².